The molecule has 0 aliphatic rings. The summed E-state index contributed by atoms with van der Waals surface area (Å²) >= 11 is 3.29. The molecule has 0 fully saturated rings. The monoisotopic (exact) mass is 276 g/mol. The maximum atomic E-state index is 9.25. The van der Waals surface area contributed by atoms with E-state index in [4.69, 9.17) is 9.90 Å². The highest BCUT2D eigenvalue weighted by molar-refractivity contribution is 9.10. The first-order valence-electron chi connectivity index (χ1n) is 4.56. The van der Waals surface area contributed by atoms with Gasteiger partial charge in [0.05, 0.1) is 0 Å². The molecule has 3 nitrogen and oxygen atoms in total. The van der Waals surface area contributed by atoms with Crippen molar-refractivity contribution in [1.29, 1.82) is 0 Å². The second-order valence-electron chi connectivity index (χ2n) is 2.47. The van der Waals surface area contributed by atoms with Crippen LogP contribution in [0.4, 0.5) is 0 Å². The standard InChI is InChI=1S/C8H9BrO.C2H6.CH2O2/c1-5-3-7(9)4-8(10)6(5)2;1-2;2-1-3/h3-4,10H,1-2H3;1-2H3;1H,(H,2,3). The molecule has 0 heterocycles. The zero-order chi connectivity index (χ0) is 12.4. The van der Waals surface area contributed by atoms with Gasteiger partial charge < -0.3 is 10.2 Å². The first-order valence-corrected chi connectivity index (χ1v) is 5.35. The maximum absolute atomic E-state index is 9.25. The van der Waals surface area contributed by atoms with Crippen LogP contribution in [0, 0.1) is 13.8 Å². The molecule has 0 radical (unpaired) electrons. The van der Waals surface area contributed by atoms with Crippen molar-refractivity contribution in [3.63, 3.8) is 0 Å². The zero-order valence-electron chi connectivity index (χ0n) is 9.41. The van der Waals surface area contributed by atoms with Gasteiger partial charge in [0.1, 0.15) is 5.75 Å². The first kappa shape index (κ1) is 16.4. The number of carbonyl (C=O) groups is 1. The van der Waals surface area contributed by atoms with Crippen molar-refractivity contribution in [2.24, 2.45) is 0 Å². The van der Waals surface area contributed by atoms with Gasteiger partial charge in [-0.25, -0.2) is 0 Å². The van der Waals surface area contributed by atoms with E-state index in [1.807, 2.05) is 33.8 Å². The molecule has 0 unspecified atom stereocenters. The molecule has 1 rings (SSSR count). The number of hydrogen-bond donors (Lipinski definition) is 2. The van der Waals surface area contributed by atoms with Crippen LogP contribution < -0.4 is 0 Å². The summed E-state index contributed by atoms with van der Waals surface area (Å²) in [5.74, 6) is 0.354. The highest BCUT2D eigenvalue weighted by atomic mass is 79.9. The summed E-state index contributed by atoms with van der Waals surface area (Å²) in [4.78, 5) is 8.36. The Hall–Kier alpha value is -1.03. The smallest absolute Gasteiger partial charge is 0.290 e. The van der Waals surface area contributed by atoms with Crippen LogP contribution in [-0.4, -0.2) is 16.7 Å². The van der Waals surface area contributed by atoms with E-state index in [2.05, 4.69) is 15.9 Å². The summed E-state index contributed by atoms with van der Waals surface area (Å²) in [6, 6.07) is 3.68. The predicted molar refractivity (Wildman–Crippen MR) is 65.3 cm³/mol. The van der Waals surface area contributed by atoms with Crippen molar-refractivity contribution in [2.75, 3.05) is 0 Å². The Morgan fingerprint density at radius 3 is 2.00 bits per heavy atom. The normalized spacial score (nSPS) is 7.80. The van der Waals surface area contributed by atoms with Crippen molar-refractivity contribution in [2.45, 2.75) is 27.7 Å². The lowest BCUT2D eigenvalue weighted by molar-refractivity contribution is -0.122. The number of carboxylic acid groups (broad SMARTS) is 1. The topological polar surface area (TPSA) is 57.5 Å². The summed E-state index contributed by atoms with van der Waals surface area (Å²) < 4.78 is 0.924. The second kappa shape index (κ2) is 9.52. The molecule has 0 spiro atoms. The molecule has 0 amide bonds. The molecule has 2 N–H and O–H groups in total. The minimum atomic E-state index is -0.250. The second-order valence-corrected chi connectivity index (χ2v) is 3.39. The fraction of sp³-hybridized carbons (Fsp3) is 0.364. The quantitative estimate of drug-likeness (QED) is 0.713. The highest BCUT2D eigenvalue weighted by Gasteiger charge is 1.99. The summed E-state index contributed by atoms with van der Waals surface area (Å²) in [6.45, 7) is 7.62. The van der Waals surface area contributed by atoms with Crippen LogP contribution in [0.15, 0.2) is 16.6 Å². The van der Waals surface area contributed by atoms with Crippen molar-refractivity contribution in [3.8, 4) is 5.75 Å². The minimum Gasteiger partial charge on any atom is -0.508 e. The Kier molecular flexibility index (Phi) is 10.4. The molecule has 0 atom stereocenters. The van der Waals surface area contributed by atoms with Gasteiger partial charge in [0.15, 0.2) is 0 Å². The average molecular weight is 277 g/mol. The zero-order valence-corrected chi connectivity index (χ0v) is 11.0. The van der Waals surface area contributed by atoms with E-state index in [1.54, 1.807) is 6.07 Å². The number of rotatable bonds is 0. The van der Waals surface area contributed by atoms with Crippen LogP contribution in [-0.2, 0) is 4.79 Å². The van der Waals surface area contributed by atoms with Gasteiger partial charge in [-0.2, -0.15) is 0 Å². The van der Waals surface area contributed by atoms with Gasteiger partial charge in [-0.05, 0) is 37.1 Å². The predicted octanol–water partition coefficient (Wildman–Crippen LogP) is 3.50. The number of phenolic OH excluding ortho intramolecular Hbond substituents is 1. The lowest BCUT2D eigenvalue weighted by atomic mass is 10.1. The molecule has 0 aliphatic heterocycles. The molecule has 0 saturated carbocycles. The van der Waals surface area contributed by atoms with E-state index in [0.717, 1.165) is 15.6 Å². The molecule has 15 heavy (non-hydrogen) atoms. The van der Waals surface area contributed by atoms with E-state index in [0.29, 0.717) is 5.75 Å². The molecule has 0 bridgehead atoms. The summed E-state index contributed by atoms with van der Waals surface area (Å²) in [5.41, 5.74) is 2.05. The van der Waals surface area contributed by atoms with E-state index in [-0.39, 0.29) is 6.47 Å². The van der Waals surface area contributed by atoms with Gasteiger partial charge >= 0.3 is 0 Å². The Morgan fingerprint density at radius 1 is 1.27 bits per heavy atom. The molecular weight excluding hydrogens is 260 g/mol. The summed E-state index contributed by atoms with van der Waals surface area (Å²) in [6.07, 6.45) is 0. The molecule has 4 heteroatoms. The third-order valence-corrected chi connectivity index (χ3v) is 2.06. The number of benzene rings is 1. The van der Waals surface area contributed by atoms with Crippen molar-refractivity contribution >= 4 is 22.4 Å². The Balaban J connectivity index is 0. The van der Waals surface area contributed by atoms with E-state index in [1.165, 1.54) is 0 Å². The van der Waals surface area contributed by atoms with Crippen LogP contribution in [0.3, 0.4) is 0 Å². The summed E-state index contributed by atoms with van der Waals surface area (Å²) in [7, 11) is 0. The Bertz CT molecular complexity index is 275. The fourth-order valence-electron chi connectivity index (χ4n) is 0.798. The molecule has 0 saturated heterocycles. The number of aryl methyl sites for hydroxylation is 1. The molecule has 1 aromatic rings. The van der Waals surface area contributed by atoms with Crippen molar-refractivity contribution in [1.82, 2.24) is 0 Å². The molecule has 86 valence electrons. The van der Waals surface area contributed by atoms with Gasteiger partial charge in [-0.3, -0.25) is 4.79 Å². The Morgan fingerprint density at radius 2 is 1.67 bits per heavy atom. The van der Waals surface area contributed by atoms with E-state index >= 15 is 0 Å². The first-order chi connectivity index (χ1) is 7.02. The van der Waals surface area contributed by atoms with Gasteiger partial charge in [0, 0.05) is 4.47 Å². The number of aromatic hydroxyl groups is 1. The Labute approximate surface area is 98.9 Å². The third kappa shape index (κ3) is 6.96. The van der Waals surface area contributed by atoms with Gasteiger partial charge in [-0.1, -0.05) is 29.8 Å². The fourth-order valence-corrected chi connectivity index (χ4v) is 1.36. The number of hydrogen-bond acceptors (Lipinski definition) is 2. The molecule has 0 aliphatic carbocycles. The van der Waals surface area contributed by atoms with Gasteiger partial charge in [0.2, 0.25) is 0 Å². The van der Waals surface area contributed by atoms with Gasteiger partial charge in [-0.15, -0.1) is 0 Å². The highest BCUT2D eigenvalue weighted by Crippen LogP contribution is 2.24. The van der Waals surface area contributed by atoms with E-state index < -0.39 is 0 Å². The van der Waals surface area contributed by atoms with Crippen molar-refractivity contribution < 1.29 is 15.0 Å². The van der Waals surface area contributed by atoms with Crippen LogP contribution in [0.1, 0.15) is 25.0 Å². The maximum Gasteiger partial charge on any atom is 0.290 e. The van der Waals surface area contributed by atoms with E-state index in [9.17, 15) is 5.11 Å². The largest absolute Gasteiger partial charge is 0.508 e. The minimum absolute atomic E-state index is 0.250. The molecule has 1 aromatic carbocycles. The molecular formula is C11H17BrO3. The van der Waals surface area contributed by atoms with Gasteiger partial charge in [0.25, 0.3) is 6.47 Å². The average Bonchev–Trinajstić information content (AvgIpc) is 2.18. The van der Waals surface area contributed by atoms with Crippen LogP contribution in [0.25, 0.3) is 0 Å². The van der Waals surface area contributed by atoms with Crippen LogP contribution in [0.5, 0.6) is 5.75 Å². The number of halogens is 1. The number of phenols is 1. The van der Waals surface area contributed by atoms with Crippen LogP contribution >= 0.6 is 15.9 Å². The lowest BCUT2D eigenvalue weighted by Crippen LogP contribution is -1.80. The SMILES string of the molecule is CC.Cc1cc(Br)cc(O)c1C.O=CO. The lowest BCUT2D eigenvalue weighted by Gasteiger charge is -2.02. The van der Waals surface area contributed by atoms with Crippen LogP contribution in [0.2, 0.25) is 0 Å². The summed E-state index contributed by atoms with van der Waals surface area (Å²) in [5, 5.41) is 16.1. The third-order valence-electron chi connectivity index (χ3n) is 1.60. The molecule has 0 aromatic heterocycles. The van der Waals surface area contributed by atoms with Crippen molar-refractivity contribution in [3.05, 3.63) is 27.7 Å².